The van der Waals surface area contributed by atoms with Gasteiger partial charge in [-0.1, -0.05) is 0 Å². The van der Waals surface area contributed by atoms with Crippen LogP contribution in [0.1, 0.15) is 12.8 Å². The van der Waals surface area contributed by atoms with Crippen LogP contribution in [0.5, 0.6) is 0 Å². The van der Waals surface area contributed by atoms with Crippen molar-refractivity contribution < 1.29 is 9.59 Å². The number of nitrogens with one attached hydrogen (secondary N) is 2. The van der Waals surface area contributed by atoms with Crippen LogP contribution in [-0.4, -0.2) is 49.9 Å². The lowest BCUT2D eigenvalue weighted by atomic mass is 10.1. The van der Waals surface area contributed by atoms with Crippen molar-refractivity contribution in [1.29, 1.82) is 0 Å². The number of hydrogen-bond donors (Lipinski definition) is 2. The number of rotatable bonds is 3. The maximum absolute atomic E-state index is 11.3. The average Bonchev–Trinajstić information content (AvgIpc) is 2.16. The summed E-state index contributed by atoms with van der Waals surface area (Å²) in [5.74, 6) is -0.00817. The van der Waals surface area contributed by atoms with Gasteiger partial charge in [-0.2, -0.15) is 0 Å². The van der Waals surface area contributed by atoms with Gasteiger partial charge in [-0.3, -0.25) is 14.9 Å². The summed E-state index contributed by atoms with van der Waals surface area (Å²) in [4.78, 5) is 24.0. The molecule has 0 aromatic rings. The highest BCUT2D eigenvalue weighted by Gasteiger charge is 2.21. The minimum Gasteiger partial charge on any atom is -0.355 e. The summed E-state index contributed by atoms with van der Waals surface area (Å²) < 4.78 is 0. The Hall–Kier alpha value is -1.10. The van der Waals surface area contributed by atoms with E-state index in [0.29, 0.717) is 0 Å². The zero-order valence-corrected chi connectivity index (χ0v) is 8.67. The summed E-state index contributed by atoms with van der Waals surface area (Å²) in [7, 11) is 3.40. The highest BCUT2D eigenvalue weighted by atomic mass is 16.2. The van der Waals surface area contributed by atoms with Gasteiger partial charge in [-0.15, -0.1) is 0 Å². The molecule has 1 aliphatic heterocycles. The zero-order valence-electron chi connectivity index (χ0n) is 8.67. The van der Waals surface area contributed by atoms with Gasteiger partial charge in [-0.05, 0) is 12.8 Å². The maximum Gasteiger partial charge on any atom is 0.237 e. The smallest absolute Gasteiger partial charge is 0.237 e. The van der Waals surface area contributed by atoms with E-state index in [-0.39, 0.29) is 24.4 Å². The van der Waals surface area contributed by atoms with E-state index in [1.807, 2.05) is 0 Å². The fourth-order valence-electron chi connectivity index (χ4n) is 1.34. The molecule has 2 amide bonds. The van der Waals surface area contributed by atoms with Crippen molar-refractivity contribution in [3.63, 3.8) is 0 Å². The van der Waals surface area contributed by atoms with Gasteiger partial charge < -0.3 is 10.2 Å². The van der Waals surface area contributed by atoms with Crippen molar-refractivity contribution in [2.75, 3.05) is 27.2 Å². The number of amides is 2. The van der Waals surface area contributed by atoms with Crippen LogP contribution in [0.3, 0.4) is 0 Å². The number of piperidine rings is 1. The molecular weight excluding hydrogens is 182 g/mol. The summed E-state index contributed by atoms with van der Waals surface area (Å²) in [5.41, 5.74) is 0. The van der Waals surface area contributed by atoms with Gasteiger partial charge in [0.2, 0.25) is 11.8 Å². The lowest BCUT2D eigenvalue weighted by Crippen LogP contribution is -2.50. The van der Waals surface area contributed by atoms with Gasteiger partial charge in [0.1, 0.15) is 0 Å². The molecule has 80 valence electrons. The van der Waals surface area contributed by atoms with E-state index in [2.05, 4.69) is 10.6 Å². The van der Waals surface area contributed by atoms with E-state index in [1.54, 1.807) is 14.1 Å². The maximum atomic E-state index is 11.3. The van der Waals surface area contributed by atoms with E-state index in [1.165, 1.54) is 4.90 Å². The van der Waals surface area contributed by atoms with Crippen molar-refractivity contribution >= 4 is 11.8 Å². The van der Waals surface area contributed by atoms with Crippen LogP contribution in [0.4, 0.5) is 0 Å². The Morgan fingerprint density at radius 1 is 1.64 bits per heavy atom. The SMILES string of the molecule is CN(C)C(=O)CNC1CCCNC1=O. The van der Waals surface area contributed by atoms with Gasteiger partial charge in [0.15, 0.2) is 0 Å². The molecular formula is C9H17N3O2. The Morgan fingerprint density at radius 3 is 2.93 bits per heavy atom. The number of carbonyl (C=O) groups excluding carboxylic acids is 2. The number of carbonyl (C=O) groups is 2. The number of hydrogen-bond acceptors (Lipinski definition) is 3. The number of nitrogens with zero attached hydrogens (tertiary/aromatic N) is 1. The highest BCUT2D eigenvalue weighted by Crippen LogP contribution is 2.02. The molecule has 1 heterocycles. The fourth-order valence-corrected chi connectivity index (χ4v) is 1.34. The van der Waals surface area contributed by atoms with E-state index < -0.39 is 0 Å². The Morgan fingerprint density at radius 2 is 2.36 bits per heavy atom. The summed E-state index contributed by atoms with van der Waals surface area (Å²) in [6.45, 7) is 0.976. The standard InChI is InChI=1S/C9H17N3O2/c1-12(2)8(13)6-11-7-4-3-5-10-9(7)14/h7,11H,3-6H2,1-2H3,(H,10,14). The van der Waals surface area contributed by atoms with Gasteiger partial charge in [0, 0.05) is 20.6 Å². The Balaban J connectivity index is 2.29. The van der Waals surface area contributed by atoms with Crippen molar-refractivity contribution in [2.24, 2.45) is 0 Å². The van der Waals surface area contributed by atoms with Crippen molar-refractivity contribution in [3.05, 3.63) is 0 Å². The monoisotopic (exact) mass is 199 g/mol. The van der Waals surface area contributed by atoms with Crippen LogP contribution < -0.4 is 10.6 Å². The van der Waals surface area contributed by atoms with E-state index >= 15 is 0 Å². The quantitative estimate of drug-likeness (QED) is 0.609. The topological polar surface area (TPSA) is 61.4 Å². The molecule has 0 aromatic carbocycles. The van der Waals surface area contributed by atoms with Gasteiger partial charge in [0.05, 0.1) is 12.6 Å². The van der Waals surface area contributed by atoms with Gasteiger partial charge >= 0.3 is 0 Å². The van der Waals surface area contributed by atoms with E-state index in [9.17, 15) is 9.59 Å². The molecule has 1 fully saturated rings. The molecule has 1 rings (SSSR count). The molecule has 2 N–H and O–H groups in total. The van der Waals surface area contributed by atoms with Crippen LogP contribution in [0.2, 0.25) is 0 Å². The van der Waals surface area contributed by atoms with Crippen molar-refractivity contribution in [2.45, 2.75) is 18.9 Å². The predicted octanol–water partition coefficient (Wildman–Crippen LogP) is -1.06. The molecule has 14 heavy (non-hydrogen) atoms. The molecule has 0 radical (unpaired) electrons. The van der Waals surface area contributed by atoms with Gasteiger partial charge in [0.25, 0.3) is 0 Å². The second-order valence-electron chi connectivity index (χ2n) is 3.65. The third-order valence-corrected chi connectivity index (χ3v) is 2.28. The Bertz CT molecular complexity index is 228. The first kappa shape index (κ1) is 11.0. The first-order chi connectivity index (χ1) is 6.61. The van der Waals surface area contributed by atoms with Crippen LogP contribution in [0.25, 0.3) is 0 Å². The van der Waals surface area contributed by atoms with Crippen LogP contribution in [-0.2, 0) is 9.59 Å². The molecule has 1 aliphatic rings. The molecule has 1 atom stereocenters. The highest BCUT2D eigenvalue weighted by molar-refractivity contribution is 5.84. The summed E-state index contributed by atoms with van der Waals surface area (Å²) in [5, 5.41) is 5.71. The molecule has 5 nitrogen and oxygen atoms in total. The first-order valence-electron chi connectivity index (χ1n) is 4.82. The number of likely N-dealkylation sites (N-methyl/N-ethyl adjacent to an activating group) is 1. The lowest BCUT2D eigenvalue weighted by molar-refractivity contribution is -0.128. The Kier molecular flexibility index (Phi) is 3.88. The van der Waals surface area contributed by atoms with Crippen LogP contribution in [0.15, 0.2) is 0 Å². The summed E-state index contributed by atoms with van der Waals surface area (Å²) in [6.07, 6.45) is 1.78. The van der Waals surface area contributed by atoms with Crippen molar-refractivity contribution in [1.82, 2.24) is 15.5 Å². The normalized spacial score (nSPS) is 21.6. The molecule has 0 aliphatic carbocycles. The van der Waals surface area contributed by atoms with E-state index in [0.717, 1.165) is 19.4 Å². The minimum atomic E-state index is -0.201. The summed E-state index contributed by atoms with van der Waals surface area (Å²) in [6, 6.07) is -0.201. The lowest BCUT2D eigenvalue weighted by Gasteiger charge is -2.23. The van der Waals surface area contributed by atoms with E-state index in [4.69, 9.17) is 0 Å². The third kappa shape index (κ3) is 2.99. The molecule has 5 heteroatoms. The predicted molar refractivity (Wildman–Crippen MR) is 52.7 cm³/mol. The van der Waals surface area contributed by atoms with Crippen molar-refractivity contribution in [3.8, 4) is 0 Å². The molecule has 0 spiro atoms. The zero-order chi connectivity index (χ0) is 10.6. The van der Waals surface area contributed by atoms with Gasteiger partial charge in [-0.25, -0.2) is 0 Å². The fraction of sp³-hybridized carbons (Fsp3) is 0.778. The second-order valence-corrected chi connectivity index (χ2v) is 3.65. The first-order valence-corrected chi connectivity index (χ1v) is 4.82. The molecule has 0 aromatic heterocycles. The molecule has 1 saturated heterocycles. The largest absolute Gasteiger partial charge is 0.355 e. The third-order valence-electron chi connectivity index (χ3n) is 2.28. The Labute approximate surface area is 83.8 Å². The second kappa shape index (κ2) is 4.95. The average molecular weight is 199 g/mol. The molecule has 0 bridgehead atoms. The molecule has 0 saturated carbocycles. The van der Waals surface area contributed by atoms with Crippen LogP contribution in [0, 0.1) is 0 Å². The van der Waals surface area contributed by atoms with Crippen LogP contribution >= 0.6 is 0 Å². The molecule has 1 unspecified atom stereocenters. The minimum absolute atomic E-state index is 0.00260. The summed E-state index contributed by atoms with van der Waals surface area (Å²) >= 11 is 0.